The lowest BCUT2D eigenvalue weighted by molar-refractivity contribution is -0.126. The van der Waals surface area contributed by atoms with Crippen LogP contribution in [0.3, 0.4) is 0 Å². The van der Waals surface area contributed by atoms with E-state index in [2.05, 4.69) is 29.4 Å². The van der Waals surface area contributed by atoms with Crippen molar-refractivity contribution in [1.82, 2.24) is 5.32 Å². The van der Waals surface area contributed by atoms with Crippen molar-refractivity contribution in [2.45, 2.75) is 58.8 Å². The maximum atomic E-state index is 12.1. The minimum absolute atomic E-state index is 0.129. The summed E-state index contributed by atoms with van der Waals surface area (Å²) < 4.78 is 0. The van der Waals surface area contributed by atoms with Gasteiger partial charge in [-0.1, -0.05) is 13.8 Å². The zero-order chi connectivity index (χ0) is 19.4. The number of nitrogens with one attached hydrogen (secondary N) is 2. The number of anilines is 2. The van der Waals surface area contributed by atoms with E-state index in [1.54, 1.807) is 0 Å². The standard InChI is InChI=1S/C21H33N3O3/c1-3-10-22-21(27)16-6-4-15(5-7-16)13-23-17-18(20(26)19(17)25)24-11-8-14(2)9-12-24/h14-16,23H,3-13H2,1-2H3,(H,22,27). The van der Waals surface area contributed by atoms with E-state index in [0.717, 1.165) is 64.6 Å². The van der Waals surface area contributed by atoms with Crippen molar-refractivity contribution in [3.8, 4) is 0 Å². The van der Waals surface area contributed by atoms with Crippen LogP contribution in [0.25, 0.3) is 0 Å². The second-order valence-corrected chi connectivity index (χ2v) is 8.44. The third kappa shape index (κ3) is 4.53. The van der Waals surface area contributed by atoms with Gasteiger partial charge in [0.05, 0.1) is 0 Å². The molecule has 150 valence electrons. The fourth-order valence-electron chi connectivity index (χ4n) is 4.35. The van der Waals surface area contributed by atoms with Gasteiger partial charge in [-0.2, -0.15) is 0 Å². The predicted molar refractivity (Wildman–Crippen MR) is 109 cm³/mol. The van der Waals surface area contributed by atoms with Gasteiger partial charge < -0.3 is 15.5 Å². The zero-order valence-corrected chi connectivity index (χ0v) is 16.7. The van der Waals surface area contributed by atoms with Gasteiger partial charge in [-0.05, 0) is 56.8 Å². The van der Waals surface area contributed by atoms with Crippen molar-refractivity contribution in [3.05, 3.63) is 20.4 Å². The molecular weight excluding hydrogens is 342 g/mol. The van der Waals surface area contributed by atoms with Crippen molar-refractivity contribution >= 4 is 17.3 Å². The number of carbonyl (C=O) groups is 1. The molecule has 1 aromatic carbocycles. The Labute approximate surface area is 161 Å². The summed E-state index contributed by atoms with van der Waals surface area (Å²) in [7, 11) is 0. The van der Waals surface area contributed by atoms with Crippen LogP contribution in [0.5, 0.6) is 0 Å². The topological polar surface area (TPSA) is 78.5 Å². The average molecular weight is 376 g/mol. The average Bonchev–Trinajstić information content (AvgIpc) is 2.70. The van der Waals surface area contributed by atoms with Gasteiger partial charge in [-0.3, -0.25) is 14.4 Å². The van der Waals surface area contributed by atoms with Crippen molar-refractivity contribution in [2.24, 2.45) is 17.8 Å². The highest BCUT2D eigenvalue weighted by atomic mass is 16.2. The molecule has 2 N–H and O–H groups in total. The summed E-state index contributed by atoms with van der Waals surface area (Å²) in [4.78, 5) is 38.3. The van der Waals surface area contributed by atoms with Crippen LogP contribution in [0.1, 0.15) is 58.8 Å². The molecule has 0 atom stereocenters. The van der Waals surface area contributed by atoms with E-state index in [9.17, 15) is 14.4 Å². The van der Waals surface area contributed by atoms with E-state index >= 15 is 0 Å². The largest absolute Gasteiger partial charge is 0.380 e. The molecule has 0 spiro atoms. The smallest absolute Gasteiger partial charge is 0.253 e. The Morgan fingerprint density at radius 3 is 2.33 bits per heavy atom. The van der Waals surface area contributed by atoms with Crippen LogP contribution in [0, 0.1) is 17.8 Å². The van der Waals surface area contributed by atoms with Crippen molar-refractivity contribution in [3.63, 3.8) is 0 Å². The molecule has 1 saturated carbocycles. The fourth-order valence-corrected chi connectivity index (χ4v) is 4.35. The van der Waals surface area contributed by atoms with Gasteiger partial charge in [-0.15, -0.1) is 0 Å². The first-order valence-corrected chi connectivity index (χ1v) is 10.6. The molecule has 0 radical (unpaired) electrons. The highest BCUT2D eigenvalue weighted by Gasteiger charge is 2.30. The van der Waals surface area contributed by atoms with Gasteiger partial charge in [0.1, 0.15) is 11.4 Å². The summed E-state index contributed by atoms with van der Waals surface area (Å²) in [5.41, 5.74) is 0.441. The van der Waals surface area contributed by atoms with Crippen molar-refractivity contribution < 1.29 is 4.79 Å². The van der Waals surface area contributed by atoms with Gasteiger partial charge in [0.2, 0.25) is 5.91 Å². The summed E-state index contributed by atoms with van der Waals surface area (Å²) >= 11 is 0. The third-order valence-corrected chi connectivity index (χ3v) is 6.32. The Hall–Kier alpha value is -1.85. The molecule has 6 heteroatoms. The Kier molecular flexibility index (Phi) is 6.55. The molecule has 1 aromatic rings. The van der Waals surface area contributed by atoms with Gasteiger partial charge in [0.15, 0.2) is 0 Å². The monoisotopic (exact) mass is 375 g/mol. The SMILES string of the molecule is CCCNC(=O)C1CCC(CNc2c(N3CCC(C)CC3)c(=O)c2=O)CC1. The van der Waals surface area contributed by atoms with Gasteiger partial charge >= 0.3 is 0 Å². The van der Waals surface area contributed by atoms with Crippen LogP contribution in [-0.2, 0) is 4.79 Å². The second-order valence-electron chi connectivity index (χ2n) is 8.44. The second kappa shape index (κ2) is 8.89. The van der Waals surface area contributed by atoms with Gasteiger partial charge in [0.25, 0.3) is 10.9 Å². The maximum absolute atomic E-state index is 12.1. The fraction of sp³-hybridized carbons (Fsp3) is 0.762. The molecule has 0 unspecified atom stereocenters. The predicted octanol–water partition coefficient (Wildman–Crippen LogP) is 2.26. The number of piperidine rings is 1. The highest BCUT2D eigenvalue weighted by molar-refractivity contribution is 5.78. The molecule has 2 fully saturated rings. The van der Waals surface area contributed by atoms with Crippen LogP contribution in [0.4, 0.5) is 11.4 Å². The Bertz CT molecular complexity index is 707. The molecule has 1 saturated heterocycles. The molecule has 1 heterocycles. The Balaban J connectivity index is 1.49. The molecule has 1 aliphatic carbocycles. The van der Waals surface area contributed by atoms with Crippen LogP contribution in [0.15, 0.2) is 9.59 Å². The number of carbonyl (C=O) groups excluding carboxylic acids is 1. The number of rotatable bonds is 7. The van der Waals surface area contributed by atoms with E-state index in [1.807, 2.05) is 0 Å². The summed E-state index contributed by atoms with van der Waals surface area (Å²) in [5.74, 6) is 1.46. The van der Waals surface area contributed by atoms with E-state index in [-0.39, 0.29) is 22.7 Å². The van der Waals surface area contributed by atoms with Crippen molar-refractivity contribution in [2.75, 3.05) is 36.4 Å². The van der Waals surface area contributed by atoms with Crippen LogP contribution in [-0.4, -0.2) is 32.1 Å². The third-order valence-electron chi connectivity index (χ3n) is 6.32. The molecule has 2 aliphatic rings. The lowest BCUT2D eigenvalue weighted by Gasteiger charge is -2.34. The van der Waals surface area contributed by atoms with Crippen LogP contribution in [0.2, 0.25) is 0 Å². The summed E-state index contributed by atoms with van der Waals surface area (Å²) in [6, 6.07) is 0. The molecule has 0 aromatic heterocycles. The Morgan fingerprint density at radius 1 is 1.04 bits per heavy atom. The van der Waals surface area contributed by atoms with E-state index in [1.165, 1.54) is 0 Å². The minimum atomic E-state index is -0.365. The van der Waals surface area contributed by atoms with E-state index in [0.29, 0.717) is 29.8 Å². The Morgan fingerprint density at radius 2 is 1.70 bits per heavy atom. The molecule has 1 amide bonds. The van der Waals surface area contributed by atoms with Crippen molar-refractivity contribution in [1.29, 1.82) is 0 Å². The lowest BCUT2D eigenvalue weighted by atomic mass is 9.81. The molecular formula is C21H33N3O3. The molecule has 27 heavy (non-hydrogen) atoms. The first-order chi connectivity index (χ1) is 13.0. The van der Waals surface area contributed by atoms with Crippen LogP contribution >= 0.6 is 0 Å². The highest BCUT2D eigenvalue weighted by Crippen LogP contribution is 2.30. The molecule has 6 nitrogen and oxygen atoms in total. The van der Waals surface area contributed by atoms with Crippen LogP contribution < -0.4 is 26.4 Å². The van der Waals surface area contributed by atoms with Gasteiger partial charge in [0, 0.05) is 32.1 Å². The molecule has 3 rings (SSSR count). The van der Waals surface area contributed by atoms with E-state index < -0.39 is 0 Å². The number of nitrogens with zero attached hydrogens (tertiary/aromatic N) is 1. The number of hydrogen-bond donors (Lipinski definition) is 2. The summed E-state index contributed by atoms with van der Waals surface area (Å²) in [6.45, 7) is 7.48. The molecule has 0 bridgehead atoms. The normalized spacial score (nSPS) is 24.1. The number of hydrogen-bond acceptors (Lipinski definition) is 5. The first-order valence-electron chi connectivity index (χ1n) is 10.6. The number of amides is 1. The minimum Gasteiger partial charge on any atom is -0.380 e. The summed E-state index contributed by atoms with van der Waals surface area (Å²) in [5, 5.41) is 6.26. The maximum Gasteiger partial charge on any atom is 0.253 e. The lowest BCUT2D eigenvalue weighted by Crippen LogP contribution is -2.45. The quantitative estimate of drug-likeness (QED) is 0.715. The van der Waals surface area contributed by atoms with E-state index in [4.69, 9.17) is 0 Å². The molecule has 1 aliphatic heterocycles. The van der Waals surface area contributed by atoms with Gasteiger partial charge in [-0.25, -0.2) is 0 Å². The first kappa shape index (κ1) is 19.9. The summed E-state index contributed by atoms with van der Waals surface area (Å²) in [6.07, 6.45) is 6.90. The zero-order valence-electron chi connectivity index (χ0n) is 16.7.